The highest BCUT2D eigenvalue weighted by molar-refractivity contribution is 5.77. The normalized spacial score (nSPS) is 9.93. The van der Waals surface area contributed by atoms with Gasteiger partial charge in [0.15, 0.2) is 0 Å². The van der Waals surface area contributed by atoms with Gasteiger partial charge in [0.05, 0.1) is 11.4 Å². The predicted octanol–water partition coefficient (Wildman–Crippen LogP) is 0.539. The molecule has 0 aliphatic carbocycles. The number of anilines is 1. The van der Waals surface area contributed by atoms with Crippen molar-refractivity contribution in [1.82, 2.24) is 20.2 Å². The number of hydrogen-bond acceptors (Lipinski definition) is 4. The molecule has 0 bridgehead atoms. The van der Waals surface area contributed by atoms with Crippen LogP contribution in [0.4, 0.5) is 5.69 Å². The lowest BCUT2D eigenvalue weighted by molar-refractivity contribution is -0.105. The van der Waals surface area contributed by atoms with E-state index in [1.807, 2.05) is 25.1 Å². The Balaban J connectivity index is 2.50. The summed E-state index contributed by atoms with van der Waals surface area (Å²) >= 11 is 0. The maximum Gasteiger partial charge on any atom is 0.211 e. The predicted molar refractivity (Wildman–Crippen MR) is 53.6 cm³/mol. The van der Waals surface area contributed by atoms with Crippen LogP contribution in [0.5, 0.6) is 0 Å². The van der Waals surface area contributed by atoms with Crippen LogP contribution >= 0.6 is 0 Å². The highest BCUT2D eigenvalue weighted by Gasteiger charge is 2.05. The number of benzene rings is 1. The number of amides is 1. The molecule has 1 heterocycles. The molecule has 15 heavy (non-hydrogen) atoms. The van der Waals surface area contributed by atoms with Crippen molar-refractivity contribution in [2.24, 2.45) is 0 Å². The first kappa shape index (κ1) is 9.32. The van der Waals surface area contributed by atoms with Gasteiger partial charge in [0.1, 0.15) is 6.33 Å². The van der Waals surface area contributed by atoms with E-state index < -0.39 is 0 Å². The monoisotopic (exact) mass is 203 g/mol. The summed E-state index contributed by atoms with van der Waals surface area (Å²) in [6.45, 7) is 1.94. The zero-order chi connectivity index (χ0) is 10.7. The zero-order valence-corrected chi connectivity index (χ0v) is 8.08. The fourth-order valence-corrected chi connectivity index (χ4v) is 1.30. The van der Waals surface area contributed by atoms with Gasteiger partial charge >= 0.3 is 0 Å². The van der Waals surface area contributed by atoms with Crippen molar-refractivity contribution in [1.29, 1.82) is 0 Å². The minimum Gasteiger partial charge on any atom is -0.327 e. The lowest BCUT2D eigenvalue weighted by Crippen LogP contribution is -2.03. The number of tetrazole rings is 1. The molecule has 1 aromatic heterocycles. The van der Waals surface area contributed by atoms with Gasteiger partial charge in [-0.3, -0.25) is 4.79 Å². The summed E-state index contributed by atoms with van der Waals surface area (Å²) in [6.07, 6.45) is 2.10. The minimum atomic E-state index is 0.628. The van der Waals surface area contributed by atoms with Crippen LogP contribution in [-0.2, 0) is 4.79 Å². The van der Waals surface area contributed by atoms with Crippen molar-refractivity contribution in [3.63, 3.8) is 0 Å². The quantitative estimate of drug-likeness (QED) is 0.739. The van der Waals surface area contributed by atoms with Gasteiger partial charge in [-0.05, 0) is 35.0 Å². The Kier molecular flexibility index (Phi) is 2.40. The number of aromatic nitrogens is 4. The van der Waals surface area contributed by atoms with E-state index in [1.165, 1.54) is 11.0 Å². The number of nitrogens with one attached hydrogen (secondary N) is 1. The van der Waals surface area contributed by atoms with Crippen molar-refractivity contribution in [2.75, 3.05) is 5.32 Å². The molecular weight excluding hydrogens is 194 g/mol. The van der Waals surface area contributed by atoms with E-state index in [0.717, 1.165) is 11.3 Å². The molecule has 0 unspecified atom stereocenters. The molecule has 6 heteroatoms. The first-order chi connectivity index (χ1) is 7.31. The first-order valence-electron chi connectivity index (χ1n) is 4.35. The summed E-state index contributed by atoms with van der Waals surface area (Å²) in [5.41, 5.74) is 2.46. The molecule has 0 atom stereocenters. The van der Waals surface area contributed by atoms with Crippen LogP contribution in [0.15, 0.2) is 24.5 Å². The van der Waals surface area contributed by atoms with Gasteiger partial charge in [-0.25, -0.2) is 0 Å². The van der Waals surface area contributed by atoms with E-state index in [4.69, 9.17) is 0 Å². The summed E-state index contributed by atoms with van der Waals surface area (Å²) in [5, 5.41) is 13.4. The van der Waals surface area contributed by atoms with Crippen molar-refractivity contribution in [3.05, 3.63) is 30.1 Å². The standard InChI is InChI=1S/C9H9N5O/c1-7-2-3-9(8(4-7)10-6-15)14-5-11-12-13-14/h2-6H,1H3,(H,10,15). The van der Waals surface area contributed by atoms with Crippen LogP contribution in [0, 0.1) is 6.92 Å². The zero-order valence-electron chi connectivity index (χ0n) is 8.08. The van der Waals surface area contributed by atoms with Crippen LogP contribution in [0.1, 0.15) is 5.56 Å². The summed E-state index contributed by atoms with van der Waals surface area (Å²) in [4.78, 5) is 10.4. The average Bonchev–Trinajstić information content (AvgIpc) is 2.71. The Hall–Kier alpha value is -2.24. The topological polar surface area (TPSA) is 72.7 Å². The van der Waals surface area contributed by atoms with Gasteiger partial charge in [-0.2, -0.15) is 4.68 Å². The highest BCUT2D eigenvalue weighted by Crippen LogP contribution is 2.19. The minimum absolute atomic E-state index is 0.628. The van der Waals surface area contributed by atoms with Crippen LogP contribution in [0.3, 0.4) is 0 Å². The van der Waals surface area contributed by atoms with Crippen LogP contribution in [0.25, 0.3) is 5.69 Å². The highest BCUT2D eigenvalue weighted by atomic mass is 16.1. The second-order valence-corrected chi connectivity index (χ2v) is 3.04. The summed E-state index contributed by atoms with van der Waals surface area (Å²) in [7, 11) is 0. The Labute approximate surface area is 85.9 Å². The van der Waals surface area contributed by atoms with Crippen molar-refractivity contribution in [3.8, 4) is 5.69 Å². The number of aryl methyl sites for hydroxylation is 1. The smallest absolute Gasteiger partial charge is 0.211 e. The summed E-state index contributed by atoms with van der Waals surface area (Å²) in [6, 6.07) is 5.62. The third-order valence-electron chi connectivity index (χ3n) is 1.96. The molecule has 6 nitrogen and oxygen atoms in total. The molecule has 2 rings (SSSR count). The maximum absolute atomic E-state index is 10.4. The Morgan fingerprint density at radius 1 is 1.47 bits per heavy atom. The van der Waals surface area contributed by atoms with Crippen LogP contribution in [-0.4, -0.2) is 26.6 Å². The molecule has 0 saturated carbocycles. The molecule has 0 fully saturated rings. The molecule has 1 N–H and O–H groups in total. The number of hydrogen-bond donors (Lipinski definition) is 1. The van der Waals surface area contributed by atoms with Gasteiger partial charge in [-0.1, -0.05) is 6.07 Å². The van der Waals surface area contributed by atoms with E-state index in [2.05, 4.69) is 20.8 Å². The average molecular weight is 203 g/mol. The van der Waals surface area contributed by atoms with Gasteiger partial charge in [0.25, 0.3) is 0 Å². The van der Waals surface area contributed by atoms with Crippen molar-refractivity contribution < 1.29 is 4.79 Å². The lowest BCUT2D eigenvalue weighted by Gasteiger charge is -2.07. The Bertz CT molecular complexity index is 465. The number of rotatable bonds is 3. The third kappa shape index (κ3) is 1.83. The largest absolute Gasteiger partial charge is 0.327 e. The number of carbonyl (C=O) groups excluding carboxylic acids is 1. The number of carbonyl (C=O) groups is 1. The molecule has 1 aromatic carbocycles. The fraction of sp³-hybridized carbons (Fsp3) is 0.111. The van der Waals surface area contributed by atoms with Gasteiger partial charge in [0.2, 0.25) is 6.41 Å². The summed E-state index contributed by atoms with van der Waals surface area (Å²) < 4.78 is 1.49. The lowest BCUT2D eigenvalue weighted by atomic mass is 10.2. The summed E-state index contributed by atoms with van der Waals surface area (Å²) in [5.74, 6) is 0. The number of nitrogens with zero attached hydrogens (tertiary/aromatic N) is 4. The van der Waals surface area contributed by atoms with Crippen molar-refractivity contribution in [2.45, 2.75) is 6.92 Å². The maximum atomic E-state index is 10.4. The SMILES string of the molecule is Cc1ccc(-n2cnnn2)c(NC=O)c1. The van der Waals surface area contributed by atoms with E-state index in [9.17, 15) is 4.79 Å². The second-order valence-electron chi connectivity index (χ2n) is 3.04. The molecule has 0 aliphatic rings. The molecule has 0 radical (unpaired) electrons. The van der Waals surface area contributed by atoms with Gasteiger partial charge in [-0.15, -0.1) is 5.10 Å². The van der Waals surface area contributed by atoms with Crippen molar-refractivity contribution >= 4 is 12.1 Å². The van der Waals surface area contributed by atoms with Crippen LogP contribution < -0.4 is 5.32 Å². The van der Waals surface area contributed by atoms with Gasteiger partial charge in [0, 0.05) is 0 Å². The molecule has 0 spiro atoms. The third-order valence-corrected chi connectivity index (χ3v) is 1.96. The molecule has 1 amide bonds. The Morgan fingerprint density at radius 3 is 3.00 bits per heavy atom. The van der Waals surface area contributed by atoms with Gasteiger partial charge < -0.3 is 5.32 Å². The van der Waals surface area contributed by atoms with E-state index in [1.54, 1.807) is 0 Å². The van der Waals surface area contributed by atoms with Crippen LogP contribution in [0.2, 0.25) is 0 Å². The second kappa shape index (κ2) is 3.87. The molecule has 0 saturated heterocycles. The molecule has 0 aliphatic heterocycles. The van der Waals surface area contributed by atoms with E-state index in [0.29, 0.717) is 12.1 Å². The first-order valence-corrected chi connectivity index (χ1v) is 4.35. The molecular formula is C9H9N5O. The van der Waals surface area contributed by atoms with E-state index >= 15 is 0 Å². The fourth-order valence-electron chi connectivity index (χ4n) is 1.30. The Morgan fingerprint density at radius 2 is 2.33 bits per heavy atom. The van der Waals surface area contributed by atoms with E-state index in [-0.39, 0.29) is 0 Å². The molecule has 76 valence electrons. The molecule has 2 aromatic rings.